The van der Waals surface area contributed by atoms with Crippen LogP contribution < -0.4 is 4.74 Å². The summed E-state index contributed by atoms with van der Waals surface area (Å²) >= 11 is 1.50. The van der Waals surface area contributed by atoms with E-state index in [-0.39, 0.29) is 12.5 Å². The number of esters is 1. The lowest BCUT2D eigenvalue weighted by Gasteiger charge is -2.11. The van der Waals surface area contributed by atoms with Gasteiger partial charge in [0.15, 0.2) is 12.7 Å². The van der Waals surface area contributed by atoms with Crippen molar-refractivity contribution in [2.75, 3.05) is 6.61 Å². The molecule has 130 valence electrons. The van der Waals surface area contributed by atoms with Gasteiger partial charge in [-0.1, -0.05) is 12.1 Å². The number of aryl methyl sites for hydroxylation is 2. The molecule has 0 aliphatic rings. The molecule has 0 bridgehead atoms. The number of hydrogen-bond acceptors (Lipinski definition) is 7. The Morgan fingerprint density at radius 1 is 1.24 bits per heavy atom. The van der Waals surface area contributed by atoms with Crippen LogP contribution in [-0.2, 0) is 9.53 Å². The van der Waals surface area contributed by atoms with Crippen LogP contribution in [0.5, 0.6) is 5.75 Å². The van der Waals surface area contributed by atoms with E-state index in [9.17, 15) is 4.79 Å². The van der Waals surface area contributed by atoms with Crippen LogP contribution in [0.4, 0.5) is 0 Å². The molecule has 1 aromatic carbocycles. The third-order valence-corrected chi connectivity index (χ3v) is 4.52. The zero-order chi connectivity index (χ0) is 17.8. The molecule has 0 saturated carbocycles. The zero-order valence-electron chi connectivity index (χ0n) is 14.2. The van der Waals surface area contributed by atoms with Gasteiger partial charge in [-0.3, -0.25) is 0 Å². The maximum atomic E-state index is 12.0. The lowest BCUT2D eigenvalue weighted by atomic mass is 10.1. The van der Waals surface area contributed by atoms with Gasteiger partial charge in [0.2, 0.25) is 0 Å². The minimum Gasteiger partial charge on any atom is -0.482 e. The van der Waals surface area contributed by atoms with Crippen LogP contribution in [0.3, 0.4) is 0 Å². The van der Waals surface area contributed by atoms with Crippen LogP contribution in [0.1, 0.15) is 30.0 Å². The highest BCUT2D eigenvalue weighted by atomic mass is 32.1. The molecule has 25 heavy (non-hydrogen) atoms. The Balaban J connectivity index is 1.54. The summed E-state index contributed by atoms with van der Waals surface area (Å²) in [6.45, 7) is 5.51. The molecule has 2 aromatic heterocycles. The lowest BCUT2D eigenvalue weighted by molar-refractivity contribution is -0.152. The van der Waals surface area contributed by atoms with Crippen molar-refractivity contribution in [2.24, 2.45) is 0 Å². The van der Waals surface area contributed by atoms with Crippen molar-refractivity contribution >= 4 is 17.3 Å². The van der Waals surface area contributed by atoms with E-state index < -0.39 is 12.1 Å². The third-order valence-electron chi connectivity index (χ3n) is 3.66. The van der Waals surface area contributed by atoms with Gasteiger partial charge >= 0.3 is 5.97 Å². The number of thiophene rings is 1. The highest BCUT2D eigenvalue weighted by molar-refractivity contribution is 7.13. The second-order valence-electron chi connectivity index (χ2n) is 5.59. The number of benzene rings is 1. The molecule has 1 atom stereocenters. The number of nitrogens with zero attached hydrogens (tertiary/aromatic N) is 2. The molecular formula is C18H18N2O4S. The first-order valence-corrected chi connectivity index (χ1v) is 8.67. The molecule has 7 heteroatoms. The van der Waals surface area contributed by atoms with Crippen LogP contribution in [0.25, 0.3) is 10.8 Å². The molecule has 0 saturated heterocycles. The van der Waals surface area contributed by atoms with Crippen molar-refractivity contribution < 1.29 is 18.7 Å². The Morgan fingerprint density at radius 3 is 2.80 bits per heavy atom. The SMILES string of the molecule is Cc1ccc(OCC(=O)OC(C)c2nnc(-c3cccs3)o2)cc1C. The van der Waals surface area contributed by atoms with E-state index in [0.717, 1.165) is 10.4 Å². The van der Waals surface area contributed by atoms with Crippen molar-refractivity contribution in [3.8, 4) is 16.5 Å². The smallest absolute Gasteiger partial charge is 0.344 e. The summed E-state index contributed by atoms with van der Waals surface area (Å²) in [5.74, 6) is 0.800. The average molecular weight is 358 g/mol. The Kier molecular flexibility index (Phi) is 5.14. The van der Waals surface area contributed by atoms with Crippen LogP contribution in [0.15, 0.2) is 40.1 Å². The molecule has 1 unspecified atom stereocenters. The summed E-state index contributed by atoms with van der Waals surface area (Å²) in [5, 5.41) is 9.83. The van der Waals surface area contributed by atoms with Gasteiger partial charge in [-0.25, -0.2) is 4.79 Å². The monoisotopic (exact) mass is 358 g/mol. The van der Waals surface area contributed by atoms with Crippen molar-refractivity contribution in [3.63, 3.8) is 0 Å². The molecular weight excluding hydrogens is 340 g/mol. The number of carbonyl (C=O) groups is 1. The standard InChI is InChI=1S/C18H18N2O4S/c1-11-6-7-14(9-12(11)2)22-10-16(21)23-13(3)17-19-20-18(24-17)15-5-4-8-25-15/h4-9,13H,10H2,1-3H3. The number of rotatable bonds is 6. The Hall–Kier alpha value is -2.67. The van der Waals surface area contributed by atoms with E-state index in [1.54, 1.807) is 6.92 Å². The average Bonchev–Trinajstić information content (AvgIpc) is 3.27. The summed E-state index contributed by atoms with van der Waals surface area (Å²) in [6, 6.07) is 9.44. The highest BCUT2D eigenvalue weighted by Crippen LogP contribution is 2.25. The molecule has 3 rings (SSSR count). The molecule has 2 heterocycles. The third kappa shape index (κ3) is 4.24. The van der Waals surface area contributed by atoms with E-state index in [0.29, 0.717) is 11.6 Å². The van der Waals surface area contributed by atoms with Crippen LogP contribution >= 0.6 is 11.3 Å². The minimum absolute atomic E-state index is 0.182. The van der Waals surface area contributed by atoms with E-state index in [1.165, 1.54) is 16.9 Å². The van der Waals surface area contributed by atoms with Crippen molar-refractivity contribution in [1.82, 2.24) is 10.2 Å². The lowest BCUT2D eigenvalue weighted by Crippen LogP contribution is -2.17. The zero-order valence-corrected chi connectivity index (χ0v) is 15.0. The molecule has 0 fully saturated rings. The second kappa shape index (κ2) is 7.48. The minimum atomic E-state index is -0.642. The van der Waals surface area contributed by atoms with E-state index in [1.807, 2.05) is 49.6 Å². The first-order valence-electron chi connectivity index (χ1n) is 7.79. The Labute approximate surface area is 149 Å². The fourth-order valence-corrected chi connectivity index (χ4v) is 2.77. The van der Waals surface area contributed by atoms with E-state index in [4.69, 9.17) is 13.9 Å². The van der Waals surface area contributed by atoms with Crippen molar-refractivity contribution in [3.05, 3.63) is 52.7 Å². The highest BCUT2D eigenvalue weighted by Gasteiger charge is 2.19. The molecule has 0 radical (unpaired) electrons. The molecule has 0 aliphatic heterocycles. The van der Waals surface area contributed by atoms with Gasteiger partial charge in [-0.2, -0.15) is 0 Å². The van der Waals surface area contributed by atoms with Gasteiger partial charge < -0.3 is 13.9 Å². The predicted octanol–water partition coefficient (Wildman–Crippen LogP) is 4.10. The first kappa shape index (κ1) is 17.2. The number of hydrogen-bond donors (Lipinski definition) is 0. The first-order chi connectivity index (χ1) is 12.0. The van der Waals surface area contributed by atoms with Gasteiger partial charge in [0, 0.05) is 0 Å². The van der Waals surface area contributed by atoms with E-state index >= 15 is 0 Å². The summed E-state index contributed by atoms with van der Waals surface area (Å²) in [7, 11) is 0. The summed E-state index contributed by atoms with van der Waals surface area (Å²) in [4.78, 5) is 12.8. The maximum absolute atomic E-state index is 12.0. The Bertz CT molecular complexity index is 858. The number of carbonyl (C=O) groups excluding carboxylic acids is 1. The predicted molar refractivity (Wildman–Crippen MR) is 93.5 cm³/mol. The number of ether oxygens (including phenoxy) is 2. The van der Waals surface area contributed by atoms with Gasteiger partial charge in [0.25, 0.3) is 11.8 Å². The van der Waals surface area contributed by atoms with Crippen LogP contribution in [0.2, 0.25) is 0 Å². The fourth-order valence-electron chi connectivity index (χ4n) is 2.13. The normalized spacial score (nSPS) is 12.0. The van der Waals surface area contributed by atoms with Crippen molar-refractivity contribution in [1.29, 1.82) is 0 Å². The second-order valence-corrected chi connectivity index (χ2v) is 6.54. The van der Waals surface area contributed by atoms with Crippen molar-refractivity contribution in [2.45, 2.75) is 26.9 Å². The Morgan fingerprint density at radius 2 is 2.08 bits per heavy atom. The number of aromatic nitrogens is 2. The fraction of sp³-hybridized carbons (Fsp3) is 0.278. The quantitative estimate of drug-likeness (QED) is 0.618. The molecule has 0 N–H and O–H groups in total. The van der Waals surface area contributed by atoms with Crippen LogP contribution in [0, 0.1) is 13.8 Å². The molecule has 0 spiro atoms. The summed E-state index contributed by atoms with van der Waals surface area (Å²) in [5.41, 5.74) is 2.27. The van der Waals surface area contributed by atoms with Gasteiger partial charge in [0.1, 0.15) is 5.75 Å². The molecule has 6 nitrogen and oxygen atoms in total. The molecule has 3 aromatic rings. The topological polar surface area (TPSA) is 74.5 Å². The molecule has 0 aliphatic carbocycles. The van der Waals surface area contributed by atoms with Crippen LogP contribution in [-0.4, -0.2) is 22.8 Å². The van der Waals surface area contributed by atoms with E-state index in [2.05, 4.69) is 10.2 Å². The largest absolute Gasteiger partial charge is 0.482 e. The summed E-state index contributed by atoms with van der Waals surface area (Å²) < 4.78 is 16.3. The van der Waals surface area contributed by atoms with Gasteiger partial charge in [0.05, 0.1) is 4.88 Å². The summed E-state index contributed by atoms with van der Waals surface area (Å²) in [6.07, 6.45) is -0.642. The maximum Gasteiger partial charge on any atom is 0.344 e. The molecule has 0 amide bonds. The van der Waals surface area contributed by atoms with Gasteiger partial charge in [-0.15, -0.1) is 21.5 Å². The van der Waals surface area contributed by atoms with Gasteiger partial charge in [-0.05, 0) is 55.5 Å².